The van der Waals surface area contributed by atoms with Crippen molar-refractivity contribution in [3.05, 3.63) is 51.5 Å². The van der Waals surface area contributed by atoms with Crippen LogP contribution < -0.4 is 10.5 Å². The number of aliphatic carboxylic acids is 1. The second-order valence-corrected chi connectivity index (χ2v) is 8.13. The summed E-state index contributed by atoms with van der Waals surface area (Å²) in [6.45, 7) is 8.28. The van der Waals surface area contributed by atoms with E-state index in [1.807, 2.05) is 12.1 Å². The number of hydrogen-bond acceptors (Lipinski definition) is 4. The van der Waals surface area contributed by atoms with Gasteiger partial charge in [-0.1, -0.05) is 39.8 Å². The molecule has 0 bridgehead atoms. The van der Waals surface area contributed by atoms with Crippen molar-refractivity contribution in [2.24, 2.45) is 5.73 Å². The van der Waals surface area contributed by atoms with E-state index in [1.165, 1.54) is 0 Å². The smallest absolute Gasteiger partial charge is 0.320 e. The van der Waals surface area contributed by atoms with Crippen LogP contribution >= 0.6 is 15.9 Å². The maximum atomic E-state index is 11.1. The van der Waals surface area contributed by atoms with Crippen molar-refractivity contribution in [3.63, 3.8) is 0 Å². The number of carboxylic acid groups (broad SMARTS) is 1. The Balaban J connectivity index is 2.53. The average Bonchev–Trinajstić information content (AvgIpc) is 2.58. The van der Waals surface area contributed by atoms with E-state index in [-0.39, 0.29) is 24.0 Å². The molecular weight excluding hydrogens is 410 g/mol. The summed E-state index contributed by atoms with van der Waals surface area (Å²) in [5.74, 6) is 0.872. The van der Waals surface area contributed by atoms with Gasteiger partial charge in [0, 0.05) is 0 Å². The molecule has 0 radical (unpaired) electrons. The average molecular weight is 436 g/mol. The summed E-state index contributed by atoms with van der Waals surface area (Å²) in [5.41, 5.74) is 8.62. The van der Waals surface area contributed by atoms with Crippen LogP contribution in [-0.4, -0.2) is 22.2 Å². The molecule has 1 unspecified atom stereocenters. The number of halogens is 1. The van der Waals surface area contributed by atoms with Gasteiger partial charge in [0.1, 0.15) is 23.3 Å². The van der Waals surface area contributed by atoms with Crippen LogP contribution in [0.2, 0.25) is 0 Å². The van der Waals surface area contributed by atoms with Gasteiger partial charge in [-0.2, -0.15) is 0 Å². The zero-order chi connectivity index (χ0) is 20.3. The SMILES string of the molecule is CC(C)c1cc(CC(N)C(=O)O)cc(C(C)C)c1Oc1ccc(O)c(Br)c1. The zero-order valence-electron chi connectivity index (χ0n) is 16.0. The molecule has 6 heteroatoms. The summed E-state index contributed by atoms with van der Waals surface area (Å²) in [5, 5.41) is 18.8. The van der Waals surface area contributed by atoms with Gasteiger partial charge in [-0.15, -0.1) is 0 Å². The number of carbonyl (C=O) groups is 1. The maximum Gasteiger partial charge on any atom is 0.320 e. The van der Waals surface area contributed by atoms with Crippen LogP contribution in [0, 0.1) is 0 Å². The standard InChI is InChI=1S/C21H26BrNO4/c1-11(2)15-7-13(9-18(23)21(25)26)8-16(12(3)4)20(15)27-14-5-6-19(24)17(22)10-14/h5-8,10-12,18,24H,9,23H2,1-4H3,(H,25,26). The minimum absolute atomic E-state index is 0.147. The van der Waals surface area contributed by atoms with Gasteiger partial charge in [0.25, 0.3) is 0 Å². The number of hydrogen-bond donors (Lipinski definition) is 3. The molecule has 1 atom stereocenters. The number of carboxylic acids is 1. The summed E-state index contributed by atoms with van der Waals surface area (Å²) in [7, 11) is 0. The van der Waals surface area contributed by atoms with Gasteiger partial charge in [0.15, 0.2) is 0 Å². The number of benzene rings is 2. The van der Waals surface area contributed by atoms with Gasteiger partial charge >= 0.3 is 5.97 Å². The highest BCUT2D eigenvalue weighted by Crippen LogP contribution is 2.40. The lowest BCUT2D eigenvalue weighted by Gasteiger charge is -2.22. The Morgan fingerprint density at radius 3 is 2.11 bits per heavy atom. The van der Waals surface area contributed by atoms with Crippen molar-refractivity contribution in [2.75, 3.05) is 0 Å². The third-order valence-corrected chi connectivity index (χ3v) is 5.00. The number of ether oxygens (including phenoxy) is 1. The normalized spacial score (nSPS) is 12.4. The van der Waals surface area contributed by atoms with E-state index in [0.29, 0.717) is 10.2 Å². The molecule has 0 amide bonds. The summed E-state index contributed by atoms with van der Waals surface area (Å²) in [6.07, 6.45) is 0.264. The molecule has 0 saturated carbocycles. The molecule has 146 valence electrons. The molecule has 2 rings (SSSR count). The Bertz CT molecular complexity index is 804. The first kappa shape index (κ1) is 21.3. The highest BCUT2D eigenvalue weighted by atomic mass is 79.9. The third-order valence-electron chi connectivity index (χ3n) is 4.36. The van der Waals surface area contributed by atoms with Gasteiger partial charge in [-0.3, -0.25) is 4.79 Å². The minimum atomic E-state index is -1.01. The molecular formula is C21H26BrNO4. The second kappa shape index (κ2) is 8.76. The Labute approximate surface area is 168 Å². The van der Waals surface area contributed by atoms with Crippen LogP contribution in [0.5, 0.6) is 17.2 Å². The number of rotatable bonds is 7. The molecule has 0 spiro atoms. The minimum Gasteiger partial charge on any atom is -0.507 e. The molecule has 0 saturated heterocycles. The topological polar surface area (TPSA) is 92.8 Å². The van der Waals surface area contributed by atoms with E-state index < -0.39 is 12.0 Å². The van der Waals surface area contributed by atoms with Crippen molar-refractivity contribution in [1.29, 1.82) is 0 Å². The first-order valence-corrected chi connectivity index (χ1v) is 9.70. The first-order chi connectivity index (χ1) is 12.6. The number of nitrogens with two attached hydrogens (primary N) is 1. The predicted molar refractivity (Wildman–Crippen MR) is 110 cm³/mol. The molecule has 2 aromatic rings. The molecule has 0 aliphatic heterocycles. The zero-order valence-corrected chi connectivity index (χ0v) is 17.6. The van der Waals surface area contributed by atoms with Gasteiger partial charge < -0.3 is 20.7 Å². The second-order valence-electron chi connectivity index (χ2n) is 7.28. The van der Waals surface area contributed by atoms with Crippen LogP contribution in [-0.2, 0) is 11.2 Å². The van der Waals surface area contributed by atoms with Crippen molar-refractivity contribution in [1.82, 2.24) is 0 Å². The van der Waals surface area contributed by atoms with Crippen molar-refractivity contribution in [3.8, 4) is 17.2 Å². The molecule has 27 heavy (non-hydrogen) atoms. The molecule has 0 aliphatic rings. The van der Waals surface area contributed by atoms with Crippen LogP contribution in [0.25, 0.3) is 0 Å². The van der Waals surface area contributed by atoms with Crippen molar-refractivity contribution < 1.29 is 19.7 Å². The quantitative estimate of drug-likeness (QED) is 0.558. The van der Waals surface area contributed by atoms with Gasteiger partial charge in [0.2, 0.25) is 0 Å². The summed E-state index contributed by atoms with van der Waals surface area (Å²) in [6, 6.07) is 8.02. The van der Waals surface area contributed by atoms with E-state index in [2.05, 4.69) is 43.6 Å². The fraction of sp³-hybridized carbons (Fsp3) is 0.381. The summed E-state index contributed by atoms with van der Waals surface area (Å²) in [4.78, 5) is 11.1. The van der Waals surface area contributed by atoms with E-state index in [4.69, 9.17) is 15.6 Å². The fourth-order valence-electron chi connectivity index (χ4n) is 2.84. The summed E-state index contributed by atoms with van der Waals surface area (Å²) >= 11 is 3.31. The lowest BCUT2D eigenvalue weighted by molar-refractivity contribution is -0.138. The number of aromatic hydroxyl groups is 1. The van der Waals surface area contributed by atoms with Crippen molar-refractivity contribution in [2.45, 2.75) is 52.0 Å². The van der Waals surface area contributed by atoms with Gasteiger partial charge in [-0.25, -0.2) is 0 Å². The highest BCUT2D eigenvalue weighted by Gasteiger charge is 2.20. The molecule has 0 fully saturated rings. The Morgan fingerprint density at radius 1 is 1.11 bits per heavy atom. The monoisotopic (exact) mass is 435 g/mol. The van der Waals surface area contributed by atoms with E-state index in [0.717, 1.165) is 22.4 Å². The largest absolute Gasteiger partial charge is 0.507 e. The summed E-state index contributed by atoms with van der Waals surface area (Å²) < 4.78 is 6.77. The van der Waals surface area contributed by atoms with Crippen LogP contribution in [0.3, 0.4) is 0 Å². The molecule has 0 aromatic heterocycles. The van der Waals surface area contributed by atoms with E-state index in [1.54, 1.807) is 18.2 Å². The van der Waals surface area contributed by atoms with Crippen LogP contribution in [0.1, 0.15) is 56.2 Å². The Morgan fingerprint density at radius 2 is 1.67 bits per heavy atom. The Kier molecular flexibility index (Phi) is 6.89. The molecule has 2 aromatic carbocycles. The molecule has 5 nitrogen and oxygen atoms in total. The molecule has 0 heterocycles. The van der Waals surface area contributed by atoms with Crippen molar-refractivity contribution >= 4 is 21.9 Å². The highest BCUT2D eigenvalue weighted by molar-refractivity contribution is 9.10. The number of phenols is 1. The van der Waals surface area contributed by atoms with Crippen LogP contribution in [0.15, 0.2) is 34.8 Å². The van der Waals surface area contributed by atoms with E-state index in [9.17, 15) is 9.90 Å². The predicted octanol–water partition coefficient (Wildman–Crippen LogP) is 5.15. The van der Waals surface area contributed by atoms with Crippen LogP contribution in [0.4, 0.5) is 0 Å². The van der Waals surface area contributed by atoms with E-state index >= 15 is 0 Å². The fourth-order valence-corrected chi connectivity index (χ4v) is 3.20. The Hall–Kier alpha value is -2.05. The van der Waals surface area contributed by atoms with Gasteiger partial charge in [-0.05, 0) is 69.1 Å². The third kappa shape index (κ3) is 5.23. The van der Waals surface area contributed by atoms with Gasteiger partial charge in [0.05, 0.1) is 4.47 Å². The molecule has 0 aliphatic carbocycles. The lowest BCUT2D eigenvalue weighted by atomic mass is 9.89. The lowest BCUT2D eigenvalue weighted by Crippen LogP contribution is -2.32. The maximum absolute atomic E-state index is 11.1. The molecule has 4 N–H and O–H groups in total. The first-order valence-electron chi connectivity index (χ1n) is 8.91. The number of phenolic OH excluding ortho intramolecular Hbond substituents is 1.